The average molecular weight is 211 g/mol. The van der Waals surface area contributed by atoms with Crippen molar-refractivity contribution in [3.05, 3.63) is 0 Å². The lowest BCUT2D eigenvalue weighted by Gasteiger charge is -2.16. The van der Waals surface area contributed by atoms with Gasteiger partial charge in [0.25, 0.3) is 0 Å². The van der Waals surface area contributed by atoms with Crippen molar-refractivity contribution in [1.82, 2.24) is 5.32 Å². The van der Waals surface area contributed by atoms with Crippen LogP contribution in [0.1, 0.15) is 45.4 Å². The number of unbranched alkanes of at least 4 members (excludes halogenated alkanes) is 3. The van der Waals surface area contributed by atoms with E-state index in [0.717, 1.165) is 26.1 Å². The molecule has 0 amide bonds. The molecule has 0 saturated carbocycles. The largest absolute Gasteiger partial charge is 0.372 e. The molecule has 3 nitrogen and oxygen atoms in total. The second kappa shape index (κ2) is 7.69. The van der Waals surface area contributed by atoms with Crippen LogP contribution in [0.15, 0.2) is 4.99 Å². The molecule has 3 N–H and O–H groups in total. The van der Waals surface area contributed by atoms with Crippen LogP contribution in [-0.4, -0.2) is 25.5 Å². The van der Waals surface area contributed by atoms with Gasteiger partial charge in [0.1, 0.15) is 0 Å². The van der Waals surface area contributed by atoms with Crippen LogP contribution < -0.4 is 11.1 Å². The van der Waals surface area contributed by atoms with Gasteiger partial charge in [-0.15, -0.1) is 0 Å². The third-order valence-corrected chi connectivity index (χ3v) is 3.01. The highest BCUT2D eigenvalue weighted by molar-refractivity contribution is 5.85. The van der Waals surface area contributed by atoms with Crippen LogP contribution in [0.25, 0.3) is 0 Å². The average Bonchev–Trinajstić information content (AvgIpc) is 2.76. The Balaban J connectivity index is 2.23. The van der Waals surface area contributed by atoms with Crippen molar-refractivity contribution in [3.8, 4) is 0 Å². The van der Waals surface area contributed by atoms with Crippen molar-refractivity contribution >= 4 is 5.84 Å². The summed E-state index contributed by atoms with van der Waals surface area (Å²) in [7, 11) is 0. The summed E-state index contributed by atoms with van der Waals surface area (Å²) in [4.78, 5) is 4.50. The minimum Gasteiger partial charge on any atom is -0.372 e. The van der Waals surface area contributed by atoms with Gasteiger partial charge in [-0.25, -0.2) is 0 Å². The van der Waals surface area contributed by atoms with Gasteiger partial charge in [0, 0.05) is 12.5 Å². The Morgan fingerprint density at radius 1 is 1.33 bits per heavy atom. The van der Waals surface area contributed by atoms with E-state index in [1.165, 1.54) is 37.9 Å². The zero-order chi connectivity index (χ0) is 10.9. The molecule has 1 aliphatic rings. The van der Waals surface area contributed by atoms with Crippen molar-refractivity contribution in [2.45, 2.75) is 45.4 Å². The lowest BCUT2D eigenvalue weighted by molar-refractivity contribution is 0.522. The third kappa shape index (κ3) is 4.65. The molecule has 0 aromatic heterocycles. The number of rotatable bonds is 8. The van der Waals surface area contributed by atoms with Gasteiger partial charge >= 0.3 is 0 Å². The molecule has 1 atom stereocenters. The second-order valence-corrected chi connectivity index (χ2v) is 4.32. The predicted molar refractivity (Wildman–Crippen MR) is 66.2 cm³/mol. The molecule has 0 aromatic rings. The zero-order valence-electron chi connectivity index (χ0n) is 9.97. The summed E-state index contributed by atoms with van der Waals surface area (Å²) in [5.74, 6) is 1.81. The minimum absolute atomic E-state index is 0.592. The molecule has 88 valence electrons. The van der Waals surface area contributed by atoms with E-state index in [0.29, 0.717) is 5.92 Å². The lowest BCUT2D eigenvalue weighted by Crippen LogP contribution is -2.28. The molecule has 1 heterocycles. The quantitative estimate of drug-likeness (QED) is 0.603. The monoisotopic (exact) mass is 211 g/mol. The Morgan fingerprint density at radius 2 is 2.20 bits per heavy atom. The van der Waals surface area contributed by atoms with E-state index in [2.05, 4.69) is 17.2 Å². The van der Waals surface area contributed by atoms with E-state index in [-0.39, 0.29) is 0 Å². The molecule has 3 heteroatoms. The number of nitrogens with two attached hydrogens (primary N) is 1. The number of aliphatic imine (C=N–C) groups is 1. The van der Waals surface area contributed by atoms with Gasteiger partial charge in [-0.1, -0.05) is 32.6 Å². The van der Waals surface area contributed by atoms with E-state index in [1.807, 2.05) is 0 Å². The Bertz CT molecular complexity index is 189. The number of nitrogens with one attached hydrogen (secondary N) is 1. The van der Waals surface area contributed by atoms with Crippen molar-refractivity contribution < 1.29 is 0 Å². The molecule has 1 aliphatic heterocycles. The smallest absolute Gasteiger partial charge is 0.0996 e. The van der Waals surface area contributed by atoms with Crippen LogP contribution in [0.3, 0.4) is 0 Å². The van der Waals surface area contributed by atoms with E-state index in [9.17, 15) is 0 Å². The minimum atomic E-state index is 0.592. The van der Waals surface area contributed by atoms with Crippen molar-refractivity contribution in [1.29, 1.82) is 0 Å². The number of amidine groups is 1. The zero-order valence-corrected chi connectivity index (χ0v) is 9.97. The van der Waals surface area contributed by atoms with Crippen molar-refractivity contribution in [2.75, 3.05) is 19.6 Å². The van der Waals surface area contributed by atoms with Gasteiger partial charge in [-0.3, -0.25) is 4.99 Å². The highest BCUT2D eigenvalue weighted by atomic mass is 15.1. The summed E-state index contributed by atoms with van der Waals surface area (Å²) < 4.78 is 0. The molecule has 0 aromatic carbocycles. The second-order valence-electron chi connectivity index (χ2n) is 4.32. The molecule has 0 saturated heterocycles. The summed E-state index contributed by atoms with van der Waals surface area (Å²) in [5, 5.41) is 3.38. The Hall–Kier alpha value is -0.570. The van der Waals surface area contributed by atoms with Crippen molar-refractivity contribution in [2.24, 2.45) is 16.6 Å². The van der Waals surface area contributed by atoms with Gasteiger partial charge < -0.3 is 11.1 Å². The molecule has 0 spiro atoms. The van der Waals surface area contributed by atoms with Crippen molar-refractivity contribution in [3.63, 3.8) is 0 Å². The summed E-state index contributed by atoms with van der Waals surface area (Å²) >= 11 is 0. The highest BCUT2D eigenvalue weighted by Gasteiger charge is 2.17. The number of hydrogen-bond donors (Lipinski definition) is 2. The van der Waals surface area contributed by atoms with E-state index in [4.69, 9.17) is 5.73 Å². The molecular weight excluding hydrogens is 186 g/mol. The van der Waals surface area contributed by atoms with Gasteiger partial charge in [0.05, 0.1) is 12.4 Å². The van der Waals surface area contributed by atoms with E-state index >= 15 is 0 Å². The first kappa shape index (κ1) is 12.5. The molecule has 15 heavy (non-hydrogen) atoms. The molecule has 1 unspecified atom stereocenters. The summed E-state index contributed by atoms with van der Waals surface area (Å²) in [6.45, 7) is 5.00. The van der Waals surface area contributed by atoms with Gasteiger partial charge in [0.2, 0.25) is 0 Å². The fourth-order valence-corrected chi connectivity index (χ4v) is 2.13. The van der Waals surface area contributed by atoms with Crippen LogP contribution in [0.2, 0.25) is 0 Å². The lowest BCUT2D eigenvalue weighted by atomic mass is 9.96. The molecule has 1 rings (SSSR count). The fraction of sp³-hybridized carbons (Fsp3) is 0.917. The van der Waals surface area contributed by atoms with Crippen LogP contribution in [-0.2, 0) is 0 Å². The SMILES string of the molecule is CCCCCCC(CCN)C1=NCCN1. The first-order chi connectivity index (χ1) is 7.38. The van der Waals surface area contributed by atoms with Gasteiger partial charge in [0.15, 0.2) is 0 Å². The van der Waals surface area contributed by atoms with Crippen LogP contribution in [0.5, 0.6) is 0 Å². The summed E-state index contributed by atoms with van der Waals surface area (Å²) in [6.07, 6.45) is 7.67. The van der Waals surface area contributed by atoms with Crippen LogP contribution in [0, 0.1) is 5.92 Å². The molecular formula is C12H25N3. The highest BCUT2D eigenvalue weighted by Crippen LogP contribution is 2.16. The van der Waals surface area contributed by atoms with Gasteiger partial charge in [-0.05, 0) is 19.4 Å². The fourth-order valence-electron chi connectivity index (χ4n) is 2.13. The number of hydrogen-bond acceptors (Lipinski definition) is 3. The predicted octanol–water partition coefficient (Wildman–Crippen LogP) is 1.92. The van der Waals surface area contributed by atoms with Crippen LogP contribution in [0.4, 0.5) is 0 Å². The Labute approximate surface area is 93.5 Å². The normalized spacial score (nSPS) is 17.3. The maximum absolute atomic E-state index is 5.64. The molecule has 0 aliphatic carbocycles. The van der Waals surface area contributed by atoms with E-state index in [1.54, 1.807) is 0 Å². The topological polar surface area (TPSA) is 50.4 Å². The number of nitrogens with zero attached hydrogens (tertiary/aromatic N) is 1. The Kier molecular flexibility index (Phi) is 6.41. The maximum Gasteiger partial charge on any atom is 0.0996 e. The molecule has 0 bridgehead atoms. The Morgan fingerprint density at radius 3 is 2.80 bits per heavy atom. The first-order valence-corrected chi connectivity index (χ1v) is 6.36. The van der Waals surface area contributed by atoms with Gasteiger partial charge in [-0.2, -0.15) is 0 Å². The first-order valence-electron chi connectivity index (χ1n) is 6.36. The maximum atomic E-state index is 5.64. The molecule has 0 fully saturated rings. The standard InChI is InChI=1S/C12H25N3/c1-2-3-4-5-6-11(7-8-13)12-14-9-10-15-12/h11H,2-10,13H2,1H3,(H,14,15). The summed E-state index contributed by atoms with van der Waals surface area (Å²) in [6, 6.07) is 0. The van der Waals surface area contributed by atoms with Crippen LogP contribution >= 0.6 is 0 Å². The third-order valence-electron chi connectivity index (χ3n) is 3.01. The van der Waals surface area contributed by atoms with E-state index < -0.39 is 0 Å². The summed E-state index contributed by atoms with van der Waals surface area (Å²) in [5.41, 5.74) is 5.64. The molecule has 0 radical (unpaired) electrons.